The number of hydrogen-bond acceptors (Lipinski definition) is 3. The molecule has 0 saturated heterocycles. The average Bonchev–Trinajstić information content (AvgIpc) is 2.57. The molecule has 0 radical (unpaired) electrons. The first-order chi connectivity index (χ1) is 12.0. The summed E-state index contributed by atoms with van der Waals surface area (Å²) in [6, 6.07) is 7.76. The van der Waals surface area contributed by atoms with Crippen LogP contribution in [0.5, 0.6) is 11.5 Å². The van der Waals surface area contributed by atoms with Gasteiger partial charge in [0.25, 0.3) is 0 Å². The third-order valence-corrected chi connectivity index (χ3v) is 4.12. The lowest BCUT2D eigenvalue weighted by Gasteiger charge is -2.15. The maximum absolute atomic E-state index is 13.1. The molecule has 0 unspecified atom stereocenters. The van der Waals surface area contributed by atoms with E-state index in [1.807, 2.05) is 13.0 Å². The summed E-state index contributed by atoms with van der Waals surface area (Å²) >= 11 is 12.4. The molecule has 0 saturated carbocycles. The fourth-order valence-corrected chi connectivity index (χ4v) is 2.64. The van der Waals surface area contributed by atoms with Gasteiger partial charge in [-0.25, -0.2) is 4.39 Å². The summed E-state index contributed by atoms with van der Waals surface area (Å²) in [7, 11) is 0. The molecule has 0 amide bonds. The van der Waals surface area contributed by atoms with Crippen molar-refractivity contribution in [2.75, 3.05) is 13.2 Å². The summed E-state index contributed by atoms with van der Waals surface area (Å²) < 4.78 is 24.6. The van der Waals surface area contributed by atoms with Gasteiger partial charge in [0.2, 0.25) is 0 Å². The fraction of sp³-hybridized carbons (Fsp3) is 0.263. The van der Waals surface area contributed by atoms with Gasteiger partial charge in [-0.1, -0.05) is 35.3 Å². The van der Waals surface area contributed by atoms with Gasteiger partial charge in [-0.2, -0.15) is 0 Å². The molecule has 0 aromatic heterocycles. The van der Waals surface area contributed by atoms with E-state index in [2.05, 4.69) is 11.9 Å². The molecule has 0 fully saturated rings. The van der Waals surface area contributed by atoms with Gasteiger partial charge in [-0.15, -0.1) is 6.58 Å². The molecule has 2 aromatic carbocycles. The predicted molar refractivity (Wildman–Crippen MR) is 100 cm³/mol. The summed E-state index contributed by atoms with van der Waals surface area (Å²) in [6.45, 7) is 7.51. The Morgan fingerprint density at radius 3 is 2.48 bits per heavy atom. The molecule has 0 aliphatic rings. The molecule has 0 heterocycles. The molecule has 0 aliphatic carbocycles. The van der Waals surface area contributed by atoms with Crippen LogP contribution in [0.2, 0.25) is 10.0 Å². The maximum Gasteiger partial charge on any atom is 0.163 e. The molecule has 134 valence electrons. The molecular weight excluding hydrogens is 364 g/mol. The standard InChI is InChI=1S/C19H20Cl2FNO2/c1-3-7-23-11-14-8-18(24-4-2)19(10-17(14)21)25-12-13-5-6-15(22)9-16(13)20/h3,5-6,8-10,23H,1,4,7,11-12H2,2H3. The Morgan fingerprint density at radius 1 is 1.08 bits per heavy atom. The van der Waals surface area contributed by atoms with E-state index in [1.165, 1.54) is 12.1 Å². The SMILES string of the molecule is C=CCNCc1cc(OCC)c(OCc2ccc(F)cc2Cl)cc1Cl. The largest absolute Gasteiger partial charge is 0.490 e. The van der Waals surface area contributed by atoms with Crippen molar-refractivity contribution in [2.45, 2.75) is 20.1 Å². The maximum atomic E-state index is 13.1. The first-order valence-corrected chi connectivity index (χ1v) is 8.64. The fourth-order valence-electron chi connectivity index (χ4n) is 2.20. The van der Waals surface area contributed by atoms with Crippen molar-refractivity contribution in [1.29, 1.82) is 0 Å². The van der Waals surface area contributed by atoms with Crippen molar-refractivity contribution in [2.24, 2.45) is 0 Å². The Balaban J connectivity index is 2.17. The molecular formula is C19H20Cl2FNO2. The van der Waals surface area contributed by atoms with Crippen molar-refractivity contribution >= 4 is 23.2 Å². The van der Waals surface area contributed by atoms with Gasteiger partial charge in [0, 0.05) is 29.7 Å². The first-order valence-electron chi connectivity index (χ1n) is 7.88. The zero-order chi connectivity index (χ0) is 18.2. The summed E-state index contributed by atoms with van der Waals surface area (Å²) in [5, 5.41) is 4.08. The van der Waals surface area contributed by atoms with Gasteiger partial charge >= 0.3 is 0 Å². The van der Waals surface area contributed by atoms with Crippen LogP contribution in [-0.4, -0.2) is 13.2 Å². The van der Waals surface area contributed by atoms with Crippen LogP contribution in [0.4, 0.5) is 4.39 Å². The highest BCUT2D eigenvalue weighted by Crippen LogP contribution is 2.34. The molecule has 0 atom stereocenters. The van der Waals surface area contributed by atoms with Crippen molar-refractivity contribution < 1.29 is 13.9 Å². The van der Waals surface area contributed by atoms with Gasteiger partial charge in [0.1, 0.15) is 12.4 Å². The highest BCUT2D eigenvalue weighted by molar-refractivity contribution is 6.31. The molecule has 0 spiro atoms. The number of rotatable bonds is 9. The highest BCUT2D eigenvalue weighted by Gasteiger charge is 2.12. The smallest absolute Gasteiger partial charge is 0.163 e. The number of hydrogen-bond donors (Lipinski definition) is 1. The van der Waals surface area contributed by atoms with E-state index in [0.29, 0.717) is 46.8 Å². The summed E-state index contributed by atoms with van der Waals surface area (Å²) in [4.78, 5) is 0. The minimum absolute atomic E-state index is 0.184. The molecule has 2 aromatic rings. The summed E-state index contributed by atoms with van der Waals surface area (Å²) in [5.74, 6) is 0.725. The van der Waals surface area contributed by atoms with Crippen LogP contribution in [0.25, 0.3) is 0 Å². The Labute approximate surface area is 157 Å². The number of benzene rings is 2. The lowest BCUT2D eigenvalue weighted by atomic mass is 10.2. The second-order valence-corrected chi connectivity index (χ2v) is 6.08. The zero-order valence-corrected chi connectivity index (χ0v) is 15.5. The Hall–Kier alpha value is -1.75. The van der Waals surface area contributed by atoms with Gasteiger partial charge in [0.15, 0.2) is 11.5 Å². The van der Waals surface area contributed by atoms with Crippen molar-refractivity contribution in [3.05, 3.63) is 70.0 Å². The van der Waals surface area contributed by atoms with Crippen molar-refractivity contribution in [3.63, 3.8) is 0 Å². The lowest BCUT2D eigenvalue weighted by Crippen LogP contribution is -2.13. The molecule has 25 heavy (non-hydrogen) atoms. The van der Waals surface area contributed by atoms with E-state index in [9.17, 15) is 4.39 Å². The van der Waals surface area contributed by atoms with Crippen LogP contribution in [0.15, 0.2) is 43.0 Å². The van der Waals surface area contributed by atoms with Gasteiger partial charge in [-0.3, -0.25) is 0 Å². The second-order valence-electron chi connectivity index (χ2n) is 5.27. The predicted octanol–water partition coefficient (Wildman–Crippen LogP) is 5.39. The Bertz CT molecular complexity index is 738. The molecule has 1 N–H and O–H groups in total. The van der Waals surface area contributed by atoms with E-state index in [0.717, 1.165) is 5.56 Å². The number of nitrogens with one attached hydrogen (secondary N) is 1. The normalized spacial score (nSPS) is 10.6. The quantitative estimate of drug-likeness (QED) is 0.465. The van der Waals surface area contributed by atoms with Crippen LogP contribution >= 0.6 is 23.2 Å². The number of halogens is 3. The van der Waals surface area contributed by atoms with Gasteiger partial charge < -0.3 is 14.8 Å². The second kappa shape index (κ2) is 9.66. The molecule has 0 bridgehead atoms. The third-order valence-electron chi connectivity index (χ3n) is 3.42. The third kappa shape index (κ3) is 5.63. The lowest BCUT2D eigenvalue weighted by molar-refractivity contribution is 0.269. The van der Waals surface area contributed by atoms with Crippen LogP contribution in [0, 0.1) is 5.82 Å². The summed E-state index contributed by atoms with van der Waals surface area (Å²) in [6.07, 6.45) is 1.78. The van der Waals surface area contributed by atoms with Gasteiger partial charge in [-0.05, 0) is 30.7 Å². The minimum atomic E-state index is -0.386. The molecule has 3 nitrogen and oxygen atoms in total. The Morgan fingerprint density at radius 2 is 1.80 bits per heavy atom. The Kier molecular flexibility index (Phi) is 7.56. The average molecular weight is 384 g/mol. The first kappa shape index (κ1) is 19.6. The van der Waals surface area contributed by atoms with E-state index in [1.54, 1.807) is 18.2 Å². The van der Waals surface area contributed by atoms with E-state index >= 15 is 0 Å². The molecule has 6 heteroatoms. The van der Waals surface area contributed by atoms with E-state index in [4.69, 9.17) is 32.7 Å². The monoisotopic (exact) mass is 383 g/mol. The van der Waals surface area contributed by atoms with Crippen molar-refractivity contribution in [1.82, 2.24) is 5.32 Å². The van der Waals surface area contributed by atoms with E-state index in [-0.39, 0.29) is 12.4 Å². The van der Waals surface area contributed by atoms with Crippen LogP contribution < -0.4 is 14.8 Å². The minimum Gasteiger partial charge on any atom is -0.490 e. The zero-order valence-electron chi connectivity index (χ0n) is 14.0. The van der Waals surface area contributed by atoms with Gasteiger partial charge in [0.05, 0.1) is 11.6 Å². The van der Waals surface area contributed by atoms with Crippen LogP contribution in [0.3, 0.4) is 0 Å². The van der Waals surface area contributed by atoms with E-state index < -0.39 is 0 Å². The van der Waals surface area contributed by atoms with Crippen LogP contribution in [0.1, 0.15) is 18.1 Å². The van der Waals surface area contributed by atoms with Crippen LogP contribution in [-0.2, 0) is 13.2 Å². The topological polar surface area (TPSA) is 30.5 Å². The number of ether oxygens (including phenoxy) is 2. The molecule has 0 aliphatic heterocycles. The highest BCUT2D eigenvalue weighted by atomic mass is 35.5. The summed E-state index contributed by atoms with van der Waals surface area (Å²) in [5.41, 5.74) is 1.58. The van der Waals surface area contributed by atoms with Crippen molar-refractivity contribution in [3.8, 4) is 11.5 Å². The molecule has 2 rings (SSSR count).